The number of carboxylic acids is 1. The molecule has 0 aliphatic heterocycles. The van der Waals surface area contributed by atoms with Crippen molar-refractivity contribution in [3.05, 3.63) is 40.1 Å². The zero-order chi connectivity index (χ0) is 16.6. The Kier molecular flexibility index (Phi) is 3.51. The van der Waals surface area contributed by atoms with Crippen molar-refractivity contribution in [1.29, 1.82) is 0 Å². The van der Waals surface area contributed by atoms with Crippen molar-refractivity contribution in [2.24, 2.45) is 0 Å². The van der Waals surface area contributed by atoms with Crippen LogP contribution in [-0.2, 0) is 4.79 Å². The van der Waals surface area contributed by atoms with Gasteiger partial charge in [0.1, 0.15) is 11.2 Å². The number of rotatable bonds is 5. The molecule has 0 radical (unpaired) electrons. The van der Waals surface area contributed by atoms with Gasteiger partial charge in [0, 0.05) is 11.5 Å². The summed E-state index contributed by atoms with van der Waals surface area (Å²) in [5.74, 6) is -1.41. The number of H-pyrrole nitrogens is 1. The molecule has 0 saturated heterocycles. The van der Waals surface area contributed by atoms with Gasteiger partial charge in [-0.3, -0.25) is 19.7 Å². The third-order valence-electron chi connectivity index (χ3n) is 4.25. The molecule has 1 aliphatic rings. The van der Waals surface area contributed by atoms with E-state index in [4.69, 9.17) is 5.11 Å². The van der Waals surface area contributed by atoms with Gasteiger partial charge in [-0.05, 0) is 25.3 Å². The molecule has 1 aromatic heterocycles. The number of amides is 1. The van der Waals surface area contributed by atoms with Gasteiger partial charge in [0.05, 0.1) is 16.9 Å². The number of nitro benzene ring substituents is 1. The number of benzene rings is 1. The first-order valence-corrected chi connectivity index (χ1v) is 7.21. The highest BCUT2D eigenvalue weighted by atomic mass is 16.6. The molecule has 8 heteroatoms. The molecule has 0 spiro atoms. The van der Waals surface area contributed by atoms with Crippen LogP contribution in [0.25, 0.3) is 10.9 Å². The van der Waals surface area contributed by atoms with Crippen LogP contribution in [0.1, 0.15) is 36.2 Å². The van der Waals surface area contributed by atoms with Gasteiger partial charge >= 0.3 is 5.97 Å². The molecule has 1 aromatic carbocycles. The van der Waals surface area contributed by atoms with Crippen LogP contribution in [0, 0.1) is 10.1 Å². The van der Waals surface area contributed by atoms with Crippen molar-refractivity contribution in [2.75, 3.05) is 0 Å². The first kappa shape index (κ1) is 15.0. The summed E-state index contributed by atoms with van der Waals surface area (Å²) in [6, 6.07) is 6.11. The Morgan fingerprint density at radius 3 is 2.70 bits per heavy atom. The Balaban J connectivity index is 1.88. The minimum absolute atomic E-state index is 0.106. The number of hydrogen-bond acceptors (Lipinski definition) is 4. The Morgan fingerprint density at radius 1 is 1.39 bits per heavy atom. The minimum Gasteiger partial charge on any atom is -0.481 e. The van der Waals surface area contributed by atoms with Gasteiger partial charge < -0.3 is 15.4 Å². The van der Waals surface area contributed by atoms with Gasteiger partial charge in [-0.2, -0.15) is 0 Å². The molecule has 3 N–H and O–H groups in total. The summed E-state index contributed by atoms with van der Waals surface area (Å²) >= 11 is 0. The van der Waals surface area contributed by atoms with Gasteiger partial charge in [0.15, 0.2) is 0 Å². The van der Waals surface area contributed by atoms with E-state index in [2.05, 4.69) is 10.3 Å². The predicted molar refractivity (Wildman–Crippen MR) is 81.3 cm³/mol. The van der Waals surface area contributed by atoms with Crippen LogP contribution in [0.4, 0.5) is 5.69 Å². The van der Waals surface area contributed by atoms with E-state index in [1.54, 1.807) is 12.1 Å². The number of para-hydroxylation sites is 1. The smallest absolute Gasteiger partial charge is 0.305 e. The summed E-state index contributed by atoms with van der Waals surface area (Å²) in [6.45, 7) is 0. The maximum absolute atomic E-state index is 12.4. The third kappa shape index (κ3) is 2.75. The van der Waals surface area contributed by atoms with Gasteiger partial charge in [0.25, 0.3) is 11.6 Å². The lowest BCUT2D eigenvalue weighted by molar-refractivity contribution is -0.383. The van der Waals surface area contributed by atoms with Crippen LogP contribution in [0.5, 0.6) is 0 Å². The van der Waals surface area contributed by atoms with Crippen LogP contribution >= 0.6 is 0 Å². The molecule has 23 heavy (non-hydrogen) atoms. The fraction of sp³-hybridized carbons (Fsp3) is 0.333. The second kappa shape index (κ2) is 5.38. The summed E-state index contributed by atoms with van der Waals surface area (Å²) in [5, 5.41) is 23.3. The summed E-state index contributed by atoms with van der Waals surface area (Å²) in [7, 11) is 0. The summed E-state index contributed by atoms with van der Waals surface area (Å²) < 4.78 is 0. The molecule has 2 aromatic rings. The van der Waals surface area contributed by atoms with Crippen LogP contribution in [0.2, 0.25) is 0 Å². The van der Waals surface area contributed by atoms with Crippen molar-refractivity contribution in [3.8, 4) is 0 Å². The lowest BCUT2D eigenvalue weighted by atomic mass is 9.74. The van der Waals surface area contributed by atoms with Crippen LogP contribution < -0.4 is 5.32 Å². The summed E-state index contributed by atoms with van der Waals surface area (Å²) in [6.07, 6.45) is 1.97. The normalized spacial score (nSPS) is 15.8. The third-order valence-corrected chi connectivity index (χ3v) is 4.25. The van der Waals surface area contributed by atoms with Crippen LogP contribution in [-0.4, -0.2) is 32.4 Å². The van der Waals surface area contributed by atoms with Crippen LogP contribution in [0.15, 0.2) is 24.3 Å². The number of aromatic amines is 1. The highest BCUT2D eigenvalue weighted by Gasteiger charge is 2.40. The van der Waals surface area contributed by atoms with E-state index in [9.17, 15) is 19.7 Å². The zero-order valence-electron chi connectivity index (χ0n) is 12.2. The maximum atomic E-state index is 12.4. The van der Waals surface area contributed by atoms with Crippen molar-refractivity contribution in [2.45, 2.75) is 31.2 Å². The quantitative estimate of drug-likeness (QED) is 0.576. The number of nitro groups is 1. The monoisotopic (exact) mass is 317 g/mol. The zero-order valence-corrected chi connectivity index (χ0v) is 12.2. The molecule has 0 atom stereocenters. The number of aliphatic carboxylic acids is 1. The number of aromatic nitrogens is 1. The molecule has 3 rings (SSSR count). The molecule has 1 amide bonds. The molecule has 1 heterocycles. The molecule has 1 saturated carbocycles. The number of nitrogens with one attached hydrogen (secondary N) is 2. The van der Waals surface area contributed by atoms with Crippen LogP contribution in [0.3, 0.4) is 0 Å². The summed E-state index contributed by atoms with van der Waals surface area (Å²) in [5.41, 5.74) is -0.355. The number of fused-ring (bicyclic) bond motifs is 1. The lowest BCUT2D eigenvalue weighted by Gasteiger charge is -2.41. The second-order valence-corrected chi connectivity index (χ2v) is 5.84. The largest absolute Gasteiger partial charge is 0.481 e. The first-order valence-electron chi connectivity index (χ1n) is 7.21. The van der Waals surface area contributed by atoms with E-state index in [1.807, 2.05) is 0 Å². The van der Waals surface area contributed by atoms with Crippen molar-refractivity contribution < 1.29 is 19.6 Å². The van der Waals surface area contributed by atoms with E-state index in [0.29, 0.717) is 18.2 Å². The molecule has 1 fully saturated rings. The Labute approximate surface area is 130 Å². The van der Waals surface area contributed by atoms with Crippen molar-refractivity contribution in [3.63, 3.8) is 0 Å². The molecule has 120 valence electrons. The maximum Gasteiger partial charge on any atom is 0.305 e. The average molecular weight is 317 g/mol. The fourth-order valence-corrected chi connectivity index (χ4v) is 2.96. The van der Waals surface area contributed by atoms with E-state index < -0.39 is 22.3 Å². The number of non-ortho nitro benzene ring substituents is 1. The van der Waals surface area contributed by atoms with Gasteiger partial charge in [-0.15, -0.1) is 0 Å². The Bertz CT molecular complexity index is 807. The SMILES string of the molecule is O=C(O)CC1(NC(=O)c2cc3cccc([N+](=O)[O-])c3[nH]2)CCC1. The van der Waals surface area contributed by atoms with Crippen molar-refractivity contribution in [1.82, 2.24) is 10.3 Å². The molecule has 1 aliphatic carbocycles. The number of carbonyl (C=O) groups is 2. The van der Waals surface area contributed by atoms with Gasteiger partial charge in [-0.1, -0.05) is 12.1 Å². The average Bonchev–Trinajstić information content (AvgIpc) is 2.87. The van der Waals surface area contributed by atoms with E-state index in [0.717, 1.165) is 6.42 Å². The minimum atomic E-state index is -0.961. The Morgan fingerprint density at radius 2 is 2.13 bits per heavy atom. The second-order valence-electron chi connectivity index (χ2n) is 5.84. The molecule has 0 bridgehead atoms. The summed E-state index contributed by atoms with van der Waals surface area (Å²) in [4.78, 5) is 36.6. The predicted octanol–water partition coefficient (Wildman–Crippen LogP) is 2.20. The van der Waals surface area contributed by atoms with Crippen molar-refractivity contribution >= 4 is 28.5 Å². The molecular formula is C15H15N3O5. The highest BCUT2D eigenvalue weighted by molar-refractivity contribution is 6.00. The number of nitrogens with zero attached hydrogens (tertiary/aromatic N) is 1. The topological polar surface area (TPSA) is 125 Å². The van der Waals surface area contributed by atoms with E-state index >= 15 is 0 Å². The van der Waals surface area contributed by atoms with Gasteiger partial charge in [0.2, 0.25) is 0 Å². The first-order chi connectivity index (χ1) is 10.9. The lowest BCUT2D eigenvalue weighted by Crippen LogP contribution is -2.54. The number of carboxylic acid groups (broad SMARTS) is 1. The fourth-order valence-electron chi connectivity index (χ4n) is 2.96. The number of hydrogen-bond donors (Lipinski definition) is 3. The molecular weight excluding hydrogens is 302 g/mol. The van der Waals surface area contributed by atoms with E-state index in [-0.39, 0.29) is 23.3 Å². The highest BCUT2D eigenvalue weighted by Crippen LogP contribution is 2.35. The van der Waals surface area contributed by atoms with Gasteiger partial charge in [-0.25, -0.2) is 0 Å². The Hall–Kier alpha value is -2.90. The molecule has 8 nitrogen and oxygen atoms in total. The van der Waals surface area contributed by atoms with E-state index in [1.165, 1.54) is 12.1 Å². The standard InChI is InChI=1S/C15H15N3O5/c19-12(20)8-15(5-2-6-15)17-14(21)10-7-9-3-1-4-11(18(22)23)13(9)16-10/h1,3-4,7,16H,2,5-6,8H2,(H,17,21)(H,19,20). The number of carbonyl (C=O) groups excluding carboxylic acids is 1. The molecule has 0 unspecified atom stereocenters.